The van der Waals surface area contributed by atoms with Gasteiger partial charge in [-0.05, 0) is 85.4 Å². The number of hydrogen-bond donors (Lipinski definition) is 1. The van der Waals surface area contributed by atoms with Crippen molar-refractivity contribution >= 4 is 0 Å². The largest absolute Gasteiger partial charge is 0.390 e. The molecule has 12 atom stereocenters. The van der Waals surface area contributed by atoms with Gasteiger partial charge in [0.25, 0.3) is 0 Å². The summed E-state index contributed by atoms with van der Waals surface area (Å²) < 4.78 is 13.2. The van der Waals surface area contributed by atoms with Crippen molar-refractivity contribution in [2.75, 3.05) is 6.61 Å². The van der Waals surface area contributed by atoms with Crippen molar-refractivity contribution in [2.24, 2.45) is 52.3 Å². The van der Waals surface area contributed by atoms with Gasteiger partial charge in [0.1, 0.15) is 0 Å². The van der Waals surface area contributed by atoms with Crippen LogP contribution in [0.1, 0.15) is 79.1 Å². The number of allylic oxidation sites excluding steroid dienone is 2. The molecule has 0 aromatic heterocycles. The molecule has 0 aromatic rings. The quantitative estimate of drug-likeness (QED) is 0.527. The van der Waals surface area contributed by atoms with Gasteiger partial charge < -0.3 is 14.6 Å². The zero-order chi connectivity index (χ0) is 20.9. The second-order valence-electron chi connectivity index (χ2n) is 12.7. The van der Waals surface area contributed by atoms with Gasteiger partial charge in [0.05, 0.1) is 18.8 Å². The van der Waals surface area contributed by atoms with Crippen LogP contribution in [0, 0.1) is 52.3 Å². The van der Waals surface area contributed by atoms with Crippen LogP contribution < -0.4 is 0 Å². The molecule has 168 valence electrons. The van der Waals surface area contributed by atoms with Crippen LogP contribution >= 0.6 is 0 Å². The van der Waals surface area contributed by atoms with Gasteiger partial charge in [-0.1, -0.05) is 39.8 Å². The number of rotatable bonds is 0. The molecule has 1 spiro atoms. The molecule has 0 bridgehead atoms. The Balaban J connectivity index is 1.32. The zero-order valence-corrected chi connectivity index (χ0v) is 19.5. The summed E-state index contributed by atoms with van der Waals surface area (Å²) in [5, 5.41) is 11.8. The fraction of sp³-hybridized carbons (Fsp3) is 0.926. The van der Waals surface area contributed by atoms with E-state index in [0.29, 0.717) is 35.0 Å². The maximum absolute atomic E-state index is 11.8. The number of hydrogen-bond acceptors (Lipinski definition) is 3. The van der Waals surface area contributed by atoms with Gasteiger partial charge in [0.2, 0.25) is 0 Å². The molecular formula is C27H42O3. The second kappa shape index (κ2) is 6.58. The highest BCUT2D eigenvalue weighted by atomic mass is 16.7. The molecule has 0 amide bonds. The van der Waals surface area contributed by atoms with Crippen LogP contribution in [-0.4, -0.2) is 29.7 Å². The highest BCUT2D eigenvalue weighted by Gasteiger charge is 2.72. The first-order valence-electron chi connectivity index (χ1n) is 12.9. The van der Waals surface area contributed by atoms with Crippen LogP contribution in [0.3, 0.4) is 0 Å². The third kappa shape index (κ3) is 2.44. The van der Waals surface area contributed by atoms with Crippen molar-refractivity contribution in [1.82, 2.24) is 0 Å². The molecule has 5 fully saturated rings. The van der Waals surface area contributed by atoms with Gasteiger partial charge in [0, 0.05) is 18.3 Å². The lowest BCUT2D eigenvalue weighted by molar-refractivity contribution is -0.282. The highest BCUT2D eigenvalue weighted by molar-refractivity contribution is 5.19. The van der Waals surface area contributed by atoms with Crippen molar-refractivity contribution in [3.8, 4) is 0 Å². The van der Waals surface area contributed by atoms with E-state index in [-0.39, 0.29) is 17.6 Å². The molecule has 2 heterocycles. The Bertz CT molecular complexity index is 724. The molecule has 1 N–H and O–H groups in total. The van der Waals surface area contributed by atoms with Crippen molar-refractivity contribution in [2.45, 2.75) is 97.1 Å². The maximum atomic E-state index is 11.8. The van der Waals surface area contributed by atoms with E-state index in [4.69, 9.17) is 9.47 Å². The van der Waals surface area contributed by atoms with Crippen LogP contribution in [0.2, 0.25) is 0 Å². The minimum atomic E-state index is -0.439. The predicted molar refractivity (Wildman–Crippen MR) is 118 cm³/mol. The van der Waals surface area contributed by atoms with Gasteiger partial charge >= 0.3 is 0 Å². The molecule has 3 nitrogen and oxygen atoms in total. The summed E-state index contributed by atoms with van der Waals surface area (Å²) in [5.74, 6) is 3.67. The molecule has 30 heavy (non-hydrogen) atoms. The first-order valence-corrected chi connectivity index (χ1v) is 12.9. The highest BCUT2D eigenvalue weighted by Crippen LogP contribution is 2.71. The third-order valence-corrected chi connectivity index (χ3v) is 11.5. The van der Waals surface area contributed by atoms with E-state index >= 15 is 0 Å². The van der Waals surface area contributed by atoms with Gasteiger partial charge in [-0.2, -0.15) is 0 Å². The Kier molecular flexibility index (Phi) is 4.44. The fourth-order valence-electron chi connectivity index (χ4n) is 9.89. The third-order valence-electron chi connectivity index (χ3n) is 11.5. The number of aliphatic hydroxyl groups excluding tert-OH is 1. The Morgan fingerprint density at radius 1 is 0.933 bits per heavy atom. The van der Waals surface area contributed by atoms with E-state index in [0.717, 1.165) is 24.9 Å². The molecule has 6 rings (SSSR count). The average molecular weight is 415 g/mol. The van der Waals surface area contributed by atoms with E-state index in [2.05, 4.69) is 39.8 Å². The van der Waals surface area contributed by atoms with E-state index in [1.807, 2.05) is 0 Å². The number of ether oxygens (including phenoxy) is 2. The van der Waals surface area contributed by atoms with Crippen molar-refractivity contribution in [3.05, 3.63) is 12.2 Å². The molecule has 0 aromatic carbocycles. The van der Waals surface area contributed by atoms with Crippen LogP contribution in [0.4, 0.5) is 0 Å². The maximum Gasteiger partial charge on any atom is 0.171 e. The van der Waals surface area contributed by atoms with Gasteiger partial charge in [-0.25, -0.2) is 0 Å². The van der Waals surface area contributed by atoms with Crippen LogP contribution in [0.25, 0.3) is 0 Å². The minimum absolute atomic E-state index is 0.0288. The predicted octanol–water partition coefficient (Wildman–Crippen LogP) is 5.57. The topological polar surface area (TPSA) is 38.7 Å². The summed E-state index contributed by atoms with van der Waals surface area (Å²) in [7, 11) is 0. The molecule has 2 aliphatic heterocycles. The summed E-state index contributed by atoms with van der Waals surface area (Å²) in [5.41, 5.74) is 0.626. The van der Waals surface area contributed by atoms with E-state index < -0.39 is 5.79 Å². The van der Waals surface area contributed by atoms with Crippen LogP contribution in [0.15, 0.2) is 12.2 Å². The van der Waals surface area contributed by atoms with Gasteiger partial charge in [-0.3, -0.25) is 0 Å². The Labute approximate surface area is 183 Å². The van der Waals surface area contributed by atoms with Crippen LogP contribution in [0.5, 0.6) is 0 Å². The SMILES string of the molecule is C[C@@H]1CC[C@@]2(OC1)O[C@H]1[C@@H](O)[C@H]3[C@@H]4CC[C@H]5CC=CC[C@]5(C)[C@H]4CC[C@]3(C)[C@H]1[C@@H]2C. The lowest BCUT2D eigenvalue weighted by Crippen LogP contribution is -2.55. The standard InChI is InChI=1S/C27H42O3/c1-16-10-14-27(29-15-16)17(2)21-24(30-27)23(28)22-19-9-8-18-7-5-6-12-25(18,3)20(19)11-13-26(21,22)4/h5-6,16-24,28H,7-15H2,1-4H3/t16-,17+,18-,19-,20+,21+,22-,23+,24-,25+,26-,27-/m1/s1. The van der Waals surface area contributed by atoms with Gasteiger partial charge in [-0.15, -0.1) is 0 Å². The number of aliphatic hydroxyl groups is 1. The Morgan fingerprint density at radius 3 is 2.53 bits per heavy atom. The first-order chi connectivity index (χ1) is 14.3. The van der Waals surface area contributed by atoms with Crippen LogP contribution in [-0.2, 0) is 9.47 Å². The smallest absolute Gasteiger partial charge is 0.171 e. The molecule has 6 aliphatic rings. The van der Waals surface area contributed by atoms with Crippen molar-refractivity contribution < 1.29 is 14.6 Å². The molecule has 4 aliphatic carbocycles. The summed E-state index contributed by atoms with van der Waals surface area (Å²) in [6.45, 7) is 10.5. The number of fused-ring (bicyclic) bond motifs is 7. The van der Waals surface area contributed by atoms with E-state index in [9.17, 15) is 5.11 Å². The summed E-state index contributed by atoms with van der Waals surface area (Å²) in [6, 6.07) is 0. The monoisotopic (exact) mass is 414 g/mol. The second-order valence-corrected chi connectivity index (χ2v) is 12.7. The normalized spacial score (nSPS) is 62.0. The van der Waals surface area contributed by atoms with E-state index in [1.54, 1.807) is 0 Å². The molecular weight excluding hydrogens is 372 g/mol. The van der Waals surface area contributed by atoms with Gasteiger partial charge in [0.15, 0.2) is 5.79 Å². The molecule has 3 saturated carbocycles. The fourth-order valence-corrected chi connectivity index (χ4v) is 9.89. The van der Waals surface area contributed by atoms with E-state index in [1.165, 1.54) is 44.9 Å². The van der Waals surface area contributed by atoms with Crippen molar-refractivity contribution in [1.29, 1.82) is 0 Å². The average Bonchev–Trinajstić information content (AvgIpc) is 3.13. The summed E-state index contributed by atoms with van der Waals surface area (Å²) in [6.07, 6.45) is 14.5. The lowest BCUT2D eigenvalue weighted by Gasteiger charge is -2.60. The Hall–Kier alpha value is -0.380. The molecule has 0 radical (unpaired) electrons. The van der Waals surface area contributed by atoms with Crippen molar-refractivity contribution in [3.63, 3.8) is 0 Å². The lowest BCUT2D eigenvalue weighted by atomic mass is 9.45. The zero-order valence-electron chi connectivity index (χ0n) is 19.5. The first kappa shape index (κ1) is 20.2. The summed E-state index contributed by atoms with van der Waals surface area (Å²) >= 11 is 0. The Morgan fingerprint density at radius 2 is 1.77 bits per heavy atom. The molecule has 2 saturated heterocycles. The summed E-state index contributed by atoms with van der Waals surface area (Å²) in [4.78, 5) is 0. The molecule has 3 heteroatoms. The molecule has 0 unspecified atom stereocenters. The minimum Gasteiger partial charge on any atom is -0.390 e.